The molecular formula is C33H34N2O7P+. The third-order valence-corrected chi connectivity index (χ3v) is 7.91. The third kappa shape index (κ3) is 7.65. The molecule has 1 saturated heterocycles. The summed E-state index contributed by atoms with van der Waals surface area (Å²) in [6.45, 7) is 0.101. The molecule has 5 rings (SSSR count). The minimum absolute atomic E-state index is 0.235. The molecule has 9 nitrogen and oxygen atoms in total. The number of amides is 2. The van der Waals surface area contributed by atoms with Crippen LogP contribution >= 0.6 is 8.25 Å². The van der Waals surface area contributed by atoms with Gasteiger partial charge in [0, 0.05) is 17.7 Å². The minimum Gasteiger partial charge on any atom is -0.463 e. The van der Waals surface area contributed by atoms with Crippen molar-refractivity contribution in [2.24, 2.45) is 0 Å². The monoisotopic (exact) mass is 601 g/mol. The first-order valence-corrected chi connectivity index (χ1v) is 15.1. The van der Waals surface area contributed by atoms with E-state index in [9.17, 15) is 19.6 Å². The number of rotatable bonds is 11. The third-order valence-electron chi connectivity index (χ3n) is 7.58. The SMILES string of the molecule is O=C1N(Cc2ccccc2)C(c2ccccc2)[C@H](O)[C@@H](O)[C@@H](Cc2ccc(OCO[P+](=O)O)cc2)N1Cc1ccccc1. The summed E-state index contributed by atoms with van der Waals surface area (Å²) in [5, 5.41) is 23.6. The van der Waals surface area contributed by atoms with Gasteiger partial charge in [0.1, 0.15) is 18.0 Å². The van der Waals surface area contributed by atoms with Crippen LogP contribution in [0.25, 0.3) is 0 Å². The van der Waals surface area contributed by atoms with Gasteiger partial charge < -0.3 is 24.7 Å². The van der Waals surface area contributed by atoms with Crippen LogP contribution in [-0.4, -0.2) is 56.0 Å². The predicted molar refractivity (Wildman–Crippen MR) is 161 cm³/mol. The van der Waals surface area contributed by atoms with E-state index < -0.39 is 32.5 Å². The van der Waals surface area contributed by atoms with Crippen LogP contribution in [-0.2, 0) is 28.6 Å². The van der Waals surface area contributed by atoms with Gasteiger partial charge in [-0.25, -0.2) is 4.79 Å². The Morgan fingerprint density at radius 3 is 1.77 bits per heavy atom. The molecule has 3 N–H and O–H groups in total. The molecule has 1 fully saturated rings. The summed E-state index contributed by atoms with van der Waals surface area (Å²) in [6.07, 6.45) is -2.29. The number of urea groups is 1. The summed E-state index contributed by atoms with van der Waals surface area (Å²) in [6, 6.07) is 33.6. The van der Waals surface area contributed by atoms with Gasteiger partial charge in [0.2, 0.25) is 6.79 Å². The molecule has 43 heavy (non-hydrogen) atoms. The van der Waals surface area contributed by atoms with Crippen molar-refractivity contribution in [3.05, 3.63) is 138 Å². The van der Waals surface area contributed by atoms with E-state index in [0.29, 0.717) is 5.75 Å². The molecule has 0 radical (unpaired) electrons. The van der Waals surface area contributed by atoms with Crippen LogP contribution in [0, 0.1) is 0 Å². The average molecular weight is 602 g/mol. The van der Waals surface area contributed by atoms with Crippen molar-refractivity contribution in [1.82, 2.24) is 9.80 Å². The summed E-state index contributed by atoms with van der Waals surface area (Å²) in [4.78, 5) is 26.7. The Morgan fingerprint density at radius 1 is 0.674 bits per heavy atom. The molecule has 0 aliphatic carbocycles. The molecule has 4 aromatic rings. The van der Waals surface area contributed by atoms with E-state index >= 15 is 0 Å². The van der Waals surface area contributed by atoms with Gasteiger partial charge in [-0.2, -0.15) is 0 Å². The Hall–Kier alpha value is -4.11. The summed E-state index contributed by atoms with van der Waals surface area (Å²) >= 11 is 0. The molecule has 4 aromatic carbocycles. The van der Waals surface area contributed by atoms with Gasteiger partial charge in [0.25, 0.3) is 0 Å². The van der Waals surface area contributed by atoms with Crippen LogP contribution in [0.5, 0.6) is 5.75 Å². The van der Waals surface area contributed by atoms with Crippen LogP contribution in [0.1, 0.15) is 28.3 Å². The number of hydrogen-bond acceptors (Lipinski definition) is 6. The lowest BCUT2D eigenvalue weighted by molar-refractivity contribution is -0.0418. The van der Waals surface area contributed by atoms with Crippen molar-refractivity contribution >= 4 is 14.3 Å². The number of benzene rings is 4. The van der Waals surface area contributed by atoms with Gasteiger partial charge in [0.15, 0.2) is 0 Å². The molecule has 0 saturated carbocycles. The van der Waals surface area contributed by atoms with Crippen molar-refractivity contribution in [2.75, 3.05) is 6.79 Å². The number of aliphatic hydroxyl groups excluding tert-OH is 2. The second kappa shape index (κ2) is 14.4. The number of carbonyl (C=O) groups excluding carboxylic acids is 1. The average Bonchev–Trinajstić information content (AvgIpc) is 3.09. The maximum atomic E-state index is 14.6. The van der Waals surface area contributed by atoms with Crippen LogP contribution in [0.3, 0.4) is 0 Å². The number of nitrogens with zero attached hydrogens (tertiary/aromatic N) is 2. The van der Waals surface area contributed by atoms with E-state index in [1.165, 1.54) is 0 Å². The predicted octanol–water partition coefficient (Wildman–Crippen LogP) is 5.20. The fourth-order valence-electron chi connectivity index (χ4n) is 5.48. The summed E-state index contributed by atoms with van der Waals surface area (Å²) < 4.78 is 20.6. The van der Waals surface area contributed by atoms with Crippen LogP contribution < -0.4 is 4.74 Å². The normalized spacial score (nSPS) is 20.9. The highest BCUT2D eigenvalue weighted by molar-refractivity contribution is 7.32. The van der Waals surface area contributed by atoms with Gasteiger partial charge in [-0.3, -0.25) is 0 Å². The lowest BCUT2D eigenvalue weighted by atomic mass is 9.90. The maximum absolute atomic E-state index is 14.6. The van der Waals surface area contributed by atoms with Crippen molar-refractivity contribution in [1.29, 1.82) is 0 Å². The number of ether oxygens (including phenoxy) is 1. The molecule has 0 aromatic heterocycles. The van der Waals surface area contributed by atoms with E-state index in [1.54, 1.807) is 34.1 Å². The number of aliphatic hydroxyl groups is 2. The highest BCUT2D eigenvalue weighted by Gasteiger charge is 2.46. The van der Waals surface area contributed by atoms with Crippen LogP contribution in [0.15, 0.2) is 115 Å². The zero-order chi connectivity index (χ0) is 30.2. The molecular weight excluding hydrogens is 567 g/mol. The maximum Gasteiger partial charge on any atom is 0.698 e. The molecule has 1 aliphatic heterocycles. The first-order chi connectivity index (χ1) is 20.9. The fraction of sp³-hybridized carbons (Fsp3) is 0.242. The first-order valence-electron chi connectivity index (χ1n) is 14.0. The minimum atomic E-state index is -2.77. The lowest BCUT2D eigenvalue weighted by Crippen LogP contribution is -2.50. The second-order valence-electron chi connectivity index (χ2n) is 10.4. The van der Waals surface area contributed by atoms with Gasteiger partial charge in [-0.15, -0.1) is 4.89 Å². The van der Waals surface area contributed by atoms with Crippen LogP contribution in [0.2, 0.25) is 0 Å². The Morgan fingerprint density at radius 2 is 1.21 bits per heavy atom. The van der Waals surface area contributed by atoms with Crippen molar-refractivity contribution in [3.63, 3.8) is 0 Å². The molecule has 222 valence electrons. The van der Waals surface area contributed by atoms with Crippen molar-refractivity contribution in [2.45, 2.75) is 43.8 Å². The topological polar surface area (TPSA) is 120 Å². The number of carbonyl (C=O) groups is 1. The molecule has 5 atom stereocenters. The van der Waals surface area contributed by atoms with E-state index in [-0.39, 0.29) is 32.3 Å². The largest absolute Gasteiger partial charge is 0.698 e. The zero-order valence-corrected chi connectivity index (χ0v) is 24.3. The summed E-state index contributed by atoms with van der Waals surface area (Å²) in [7, 11) is -2.77. The Labute approximate surface area is 251 Å². The van der Waals surface area contributed by atoms with Crippen molar-refractivity contribution in [3.8, 4) is 5.75 Å². The Balaban J connectivity index is 1.51. The first kappa shape index (κ1) is 30.4. The highest BCUT2D eigenvalue weighted by atomic mass is 31.1. The van der Waals surface area contributed by atoms with Crippen molar-refractivity contribution < 1.29 is 33.7 Å². The molecule has 0 bridgehead atoms. The number of hydrogen-bond donors (Lipinski definition) is 3. The molecule has 2 unspecified atom stereocenters. The van der Waals surface area contributed by atoms with Gasteiger partial charge >= 0.3 is 14.3 Å². The van der Waals surface area contributed by atoms with E-state index in [4.69, 9.17) is 9.63 Å². The van der Waals surface area contributed by atoms with Gasteiger partial charge in [0.05, 0.1) is 12.1 Å². The lowest BCUT2D eigenvalue weighted by Gasteiger charge is -2.36. The molecule has 10 heteroatoms. The second-order valence-corrected chi connectivity index (χ2v) is 11.1. The Bertz CT molecular complexity index is 1480. The molecule has 0 spiro atoms. The summed E-state index contributed by atoms with van der Waals surface area (Å²) in [5.41, 5.74) is 3.33. The molecule has 2 amide bonds. The van der Waals surface area contributed by atoms with Crippen LogP contribution in [0.4, 0.5) is 4.79 Å². The van der Waals surface area contributed by atoms with E-state index in [1.807, 2.05) is 91.0 Å². The quantitative estimate of drug-likeness (QED) is 0.160. The van der Waals surface area contributed by atoms with E-state index in [0.717, 1.165) is 22.3 Å². The smallest absolute Gasteiger partial charge is 0.463 e. The highest BCUT2D eigenvalue weighted by Crippen LogP contribution is 2.36. The van der Waals surface area contributed by atoms with E-state index in [2.05, 4.69) is 4.52 Å². The van der Waals surface area contributed by atoms with Gasteiger partial charge in [-0.1, -0.05) is 108 Å². The molecule has 1 heterocycles. The summed E-state index contributed by atoms with van der Waals surface area (Å²) in [5.74, 6) is 0.428. The Kier molecular flexibility index (Phi) is 10.1. The standard InChI is InChI=1S/C33H33N2O7P/c36-31-29(20-24-16-18-28(19-17-24)41-23-42-43(39)40)34(21-25-10-4-1-5-11-25)33(38)35(22-26-12-6-2-7-13-26)30(32(31)37)27-14-8-3-9-15-27/h1-19,29-32,36-37H,20-23H2/p+1/t29-,30?,31+,32+/m1/s1. The zero-order valence-electron chi connectivity index (χ0n) is 23.4. The van der Waals surface area contributed by atoms with Gasteiger partial charge in [-0.05, 0) is 40.8 Å². The fourth-order valence-corrected chi connectivity index (χ4v) is 5.62. The molecule has 1 aliphatic rings.